The highest BCUT2D eigenvalue weighted by atomic mass is 16.2. The summed E-state index contributed by atoms with van der Waals surface area (Å²) >= 11 is 0. The van der Waals surface area contributed by atoms with Crippen molar-refractivity contribution in [3.63, 3.8) is 0 Å². The fourth-order valence-corrected chi connectivity index (χ4v) is 2.38. The van der Waals surface area contributed by atoms with Crippen LogP contribution in [0.1, 0.15) is 32.1 Å². The van der Waals surface area contributed by atoms with Crippen LogP contribution in [0.2, 0.25) is 0 Å². The number of allylic oxidation sites excluding steroid dienone is 1. The maximum absolute atomic E-state index is 11.4. The van der Waals surface area contributed by atoms with Crippen LogP contribution in [-0.4, -0.2) is 26.4 Å². The summed E-state index contributed by atoms with van der Waals surface area (Å²) in [5, 5.41) is 13.7. The lowest BCUT2D eigenvalue weighted by Crippen LogP contribution is -2.14. The zero-order valence-corrected chi connectivity index (χ0v) is 10.7. The van der Waals surface area contributed by atoms with Gasteiger partial charge >= 0.3 is 5.69 Å². The van der Waals surface area contributed by atoms with Crippen LogP contribution >= 0.6 is 0 Å². The molecule has 0 fully saturated rings. The predicted molar refractivity (Wildman–Crippen MR) is 73.3 cm³/mol. The van der Waals surface area contributed by atoms with Crippen LogP contribution in [0.5, 0.6) is 0 Å². The molecular weight excluding hydrogens is 242 g/mol. The standard InChI is InChI=1S/C13H17N5O/c19-13-16-15-12-7-6-11(17-18(12)13)14-9-8-10-4-2-1-3-5-10/h4,6-7H,1-3,5,8-9H2,(H,14,17)(H,16,19). The molecule has 0 radical (unpaired) electrons. The number of aromatic amines is 1. The molecule has 2 aromatic heterocycles. The van der Waals surface area contributed by atoms with Gasteiger partial charge in [0.25, 0.3) is 0 Å². The molecule has 1 aliphatic carbocycles. The van der Waals surface area contributed by atoms with Crippen molar-refractivity contribution in [1.29, 1.82) is 0 Å². The van der Waals surface area contributed by atoms with E-state index in [0.717, 1.165) is 13.0 Å². The fraction of sp³-hybridized carbons (Fsp3) is 0.462. The Kier molecular flexibility index (Phi) is 3.31. The van der Waals surface area contributed by atoms with Gasteiger partial charge in [0.15, 0.2) is 5.65 Å². The van der Waals surface area contributed by atoms with Crippen molar-refractivity contribution >= 4 is 11.5 Å². The summed E-state index contributed by atoms with van der Waals surface area (Å²) in [6.45, 7) is 0.844. The lowest BCUT2D eigenvalue weighted by atomic mass is 9.97. The minimum absolute atomic E-state index is 0.311. The first-order chi connectivity index (χ1) is 9.33. The van der Waals surface area contributed by atoms with Gasteiger partial charge in [0.2, 0.25) is 0 Å². The van der Waals surface area contributed by atoms with Crippen LogP contribution in [0.4, 0.5) is 5.82 Å². The van der Waals surface area contributed by atoms with Gasteiger partial charge in [-0.05, 0) is 44.2 Å². The normalized spacial score (nSPS) is 15.5. The number of fused-ring (bicyclic) bond motifs is 1. The van der Waals surface area contributed by atoms with Crippen LogP contribution in [-0.2, 0) is 0 Å². The third kappa shape index (κ3) is 2.67. The van der Waals surface area contributed by atoms with Crippen LogP contribution in [0, 0.1) is 0 Å². The molecule has 0 aliphatic heterocycles. The van der Waals surface area contributed by atoms with Crippen molar-refractivity contribution in [3.8, 4) is 0 Å². The van der Waals surface area contributed by atoms with Crippen LogP contribution in [0.15, 0.2) is 28.6 Å². The molecule has 0 saturated heterocycles. The van der Waals surface area contributed by atoms with E-state index in [2.05, 4.69) is 26.7 Å². The molecule has 0 atom stereocenters. The van der Waals surface area contributed by atoms with Gasteiger partial charge in [0.05, 0.1) is 0 Å². The number of anilines is 1. The number of rotatable bonds is 4. The van der Waals surface area contributed by atoms with Gasteiger partial charge < -0.3 is 5.32 Å². The van der Waals surface area contributed by atoms with Gasteiger partial charge in [-0.2, -0.15) is 9.61 Å². The molecule has 100 valence electrons. The van der Waals surface area contributed by atoms with E-state index in [1.165, 1.54) is 35.8 Å². The molecule has 0 bridgehead atoms. The molecule has 0 saturated carbocycles. The first-order valence-corrected chi connectivity index (χ1v) is 6.69. The van der Waals surface area contributed by atoms with E-state index in [4.69, 9.17) is 0 Å². The van der Waals surface area contributed by atoms with Crippen LogP contribution in [0.25, 0.3) is 5.65 Å². The van der Waals surface area contributed by atoms with Gasteiger partial charge in [0.1, 0.15) is 5.82 Å². The summed E-state index contributed by atoms with van der Waals surface area (Å²) in [6, 6.07) is 3.61. The summed E-state index contributed by atoms with van der Waals surface area (Å²) in [5.41, 5.74) is 1.75. The van der Waals surface area contributed by atoms with Gasteiger partial charge in [-0.25, -0.2) is 9.89 Å². The fourth-order valence-electron chi connectivity index (χ4n) is 2.38. The molecule has 0 aromatic carbocycles. The molecule has 6 heteroatoms. The van der Waals surface area contributed by atoms with Crippen molar-refractivity contribution in [2.75, 3.05) is 11.9 Å². The monoisotopic (exact) mass is 259 g/mol. The molecule has 19 heavy (non-hydrogen) atoms. The van der Waals surface area contributed by atoms with E-state index in [9.17, 15) is 4.79 Å². The van der Waals surface area contributed by atoms with Crippen LogP contribution < -0.4 is 11.0 Å². The molecule has 0 spiro atoms. The van der Waals surface area contributed by atoms with Gasteiger partial charge in [-0.3, -0.25) is 0 Å². The zero-order valence-electron chi connectivity index (χ0n) is 10.7. The topological polar surface area (TPSA) is 75.1 Å². The Hall–Kier alpha value is -2.11. The molecule has 2 aromatic rings. The third-order valence-corrected chi connectivity index (χ3v) is 3.41. The number of H-pyrrole nitrogens is 1. The van der Waals surface area contributed by atoms with E-state index < -0.39 is 0 Å². The largest absolute Gasteiger partial charge is 0.368 e. The molecule has 2 N–H and O–H groups in total. The molecule has 6 nitrogen and oxygen atoms in total. The van der Waals surface area contributed by atoms with Crippen molar-refractivity contribution in [2.45, 2.75) is 32.1 Å². The lowest BCUT2D eigenvalue weighted by Gasteiger charge is -2.13. The maximum atomic E-state index is 11.4. The molecular formula is C13H17N5O. The predicted octanol–water partition coefficient (Wildman–Crippen LogP) is 1.72. The van der Waals surface area contributed by atoms with E-state index in [-0.39, 0.29) is 5.69 Å². The Bertz CT molecular complexity index is 654. The summed E-state index contributed by atoms with van der Waals surface area (Å²) < 4.78 is 1.27. The van der Waals surface area contributed by atoms with Gasteiger partial charge in [-0.15, -0.1) is 5.10 Å². The highest BCUT2D eigenvalue weighted by Crippen LogP contribution is 2.19. The smallest absolute Gasteiger partial charge is 0.364 e. The Morgan fingerprint density at radius 3 is 3.16 bits per heavy atom. The minimum atomic E-state index is -0.311. The molecule has 3 rings (SSSR count). The maximum Gasteiger partial charge on any atom is 0.364 e. The van der Waals surface area contributed by atoms with Crippen molar-refractivity contribution in [3.05, 3.63) is 34.3 Å². The number of aromatic nitrogens is 4. The van der Waals surface area contributed by atoms with Gasteiger partial charge in [-0.1, -0.05) is 11.6 Å². The SMILES string of the molecule is O=c1[nH]nc2ccc(NCCC3=CCCCC3)nn12. The van der Waals surface area contributed by atoms with E-state index in [1.54, 1.807) is 6.07 Å². The Labute approximate surface area is 110 Å². The quantitative estimate of drug-likeness (QED) is 0.820. The van der Waals surface area contributed by atoms with Gasteiger partial charge in [0, 0.05) is 6.54 Å². The summed E-state index contributed by atoms with van der Waals surface area (Å²) in [6.07, 6.45) is 8.45. The number of nitrogens with zero attached hydrogens (tertiary/aromatic N) is 3. The number of hydrogen-bond acceptors (Lipinski definition) is 4. The summed E-state index contributed by atoms with van der Waals surface area (Å²) in [5.74, 6) is 0.701. The average molecular weight is 259 g/mol. The first-order valence-electron chi connectivity index (χ1n) is 6.69. The Morgan fingerprint density at radius 1 is 1.37 bits per heavy atom. The van der Waals surface area contributed by atoms with Crippen LogP contribution in [0.3, 0.4) is 0 Å². The number of hydrogen-bond donors (Lipinski definition) is 2. The molecule has 1 aliphatic rings. The lowest BCUT2D eigenvalue weighted by molar-refractivity contribution is 0.679. The third-order valence-electron chi connectivity index (χ3n) is 3.41. The van der Waals surface area contributed by atoms with Crippen molar-refractivity contribution < 1.29 is 0 Å². The Morgan fingerprint density at radius 2 is 2.32 bits per heavy atom. The van der Waals surface area contributed by atoms with E-state index in [0.29, 0.717) is 11.5 Å². The highest BCUT2D eigenvalue weighted by molar-refractivity contribution is 5.42. The second-order valence-corrected chi connectivity index (χ2v) is 4.80. The van der Waals surface area contributed by atoms with Crippen molar-refractivity contribution in [1.82, 2.24) is 19.8 Å². The average Bonchev–Trinajstić information content (AvgIpc) is 2.82. The molecule has 0 amide bonds. The second-order valence-electron chi connectivity index (χ2n) is 4.80. The van der Waals surface area contributed by atoms with E-state index >= 15 is 0 Å². The Balaban J connectivity index is 1.63. The van der Waals surface area contributed by atoms with E-state index in [1.807, 2.05) is 6.07 Å². The zero-order chi connectivity index (χ0) is 13.1. The number of nitrogens with one attached hydrogen (secondary N) is 2. The molecule has 0 unspecified atom stereocenters. The summed E-state index contributed by atoms with van der Waals surface area (Å²) in [7, 11) is 0. The highest BCUT2D eigenvalue weighted by Gasteiger charge is 2.05. The molecule has 2 heterocycles. The minimum Gasteiger partial charge on any atom is -0.368 e. The first kappa shape index (κ1) is 12.0. The van der Waals surface area contributed by atoms with Crippen molar-refractivity contribution in [2.24, 2.45) is 0 Å². The second kappa shape index (κ2) is 5.26. The summed E-state index contributed by atoms with van der Waals surface area (Å²) in [4.78, 5) is 11.4.